The molecule has 0 unspecified atom stereocenters. The normalized spacial score (nSPS) is 11.2. The largest absolute Gasteiger partial charge is 0.274 e. The van der Waals surface area contributed by atoms with Gasteiger partial charge >= 0.3 is 0 Å². The number of hydrogen-bond donors (Lipinski definition) is 0. The molecule has 0 atom stereocenters. The fourth-order valence-electron chi connectivity index (χ4n) is 2.30. The van der Waals surface area contributed by atoms with Gasteiger partial charge in [0.25, 0.3) is 7.42 Å². The fraction of sp³-hybridized carbons (Fsp3) is 0.467. The molecule has 108 valence electrons. The Hall–Kier alpha value is 0.191. The highest BCUT2D eigenvalue weighted by molar-refractivity contribution is 7.33. The van der Waals surface area contributed by atoms with Crippen LogP contribution in [0.2, 0.25) is 19.1 Å². The van der Waals surface area contributed by atoms with Crippen LogP contribution in [0.15, 0.2) is 23.4 Å². The molecule has 0 saturated heterocycles. The lowest BCUT2D eigenvalue weighted by molar-refractivity contribution is 1.15. The van der Waals surface area contributed by atoms with Crippen molar-refractivity contribution in [3.05, 3.63) is 34.5 Å². The maximum absolute atomic E-state index is 6.05. The molecule has 1 aromatic rings. The second kappa shape index (κ2) is 8.59. The van der Waals surface area contributed by atoms with E-state index in [4.69, 9.17) is 22.2 Å². The van der Waals surface area contributed by atoms with Crippen LogP contribution in [0, 0.1) is 6.92 Å². The van der Waals surface area contributed by atoms with Gasteiger partial charge in [0.15, 0.2) is 0 Å². The summed E-state index contributed by atoms with van der Waals surface area (Å²) in [5.74, 6) is 0. The van der Waals surface area contributed by atoms with Crippen LogP contribution in [0.3, 0.4) is 0 Å². The molecule has 0 N–H and O–H groups in total. The van der Waals surface area contributed by atoms with Crippen molar-refractivity contribution in [2.75, 3.05) is 0 Å². The average molecular weight is 358 g/mol. The molecule has 0 spiro atoms. The molecule has 1 rings (SSSR count). The van der Waals surface area contributed by atoms with E-state index >= 15 is 0 Å². The zero-order valence-corrected chi connectivity index (χ0v) is 17.4. The summed E-state index contributed by atoms with van der Waals surface area (Å²) in [7, 11) is -0.909. The van der Waals surface area contributed by atoms with Crippen LogP contribution in [0.4, 0.5) is 0 Å². The van der Waals surface area contributed by atoms with Gasteiger partial charge in [-0.2, -0.15) is 0 Å². The van der Waals surface area contributed by atoms with E-state index in [9.17, 15) is 0 Å². The SMILES string of the molecule is CC(C)=C[Si]c1ccc(C)c([Si](C)C)c1CC[Si](Cl)Cl. The molecule has 0 aromatic heterocycles. The van der Waals surface area contributed by atoms with E-state index in [-0.39, 0.29) is 0 Å². The molecule has 5 heteroatoms. The highest BCUT2D eigenvalue weighted by atomic mass is 35.7. The van der Waals surface area contributed by atoms with Gasteiger partial charge in [0.2, 0.25) is 0 Å². The molecular formula is C15H22Cl2Si3. The minimum absolute atomic E-state index is 0.470. The zero-order valence-electron chi connectivity index (χ0n) is 12.9. The van der Waals surface area contributed by atoms with Crippen molar-refractivity contribution >= 4 is 58.3 Å². The zero-order chi connectivity index (χ0) is 15.3. The maximum atomic E-state index is 6.05. The number of benzene rings is 1. The minimum Gasteiger partial charge on any atom is -0.147 e. The van der Waals surface area contributed by atoms with E-state index in [1.54, 1.807) is 5.19 Å². The molecule has 0 aliphatic rings. The van der Waals surface area contributed by atoms with Crippen LogP contribution < -0.4 is 10.4 Å². The van der Waals surface area contributed by atoms with E-state index in [0.29, 0.717) is 0 Å². The van der Waals surface area contributed by atoms with E-state index in [0.717, 1.165) is 22.0 Å². The van der Waals surface area contributed by atoms with Crippen LogP contribution in [-0.2, 0) is 6.42 Å². The second-order valence-electron chi connectivity index (χ2n) is 5.49. The topological polar surface area (TPSA) is 0 Å². The first kappa shape index (κ1) is 18.2. The van der Waals surface area contributed by atoms with Gasteiger partial charge in [-0.1, -0.05) is 52.4 Å². The van der Waals surface area contributed by atoms with Gasteiger partial charge in [-0.15, -0.1) is 22.2 Å². The molecule has 4 radical (unpaired) electrons. The summed E-state index contributed by atoms with van der Waals surface area (Å²) >= 11 is 12.1. The predicted molar refractivity (Wildman–Crippen MR) is 99.1 cm³/mol. The Labute approximate surface area is 139 Å². The summed E-state index contributed by atoms with van der Waals surface area (Å²) in [6, 6.07) is 5.52. The van der Waals surface area contributed by atoms with Crippen molar-refractivity contribution in [1.29, 1.82) is 0 Å². The number of rotatable bonds is 6. The van der Waals surface area contributed by atoms with E-state index in [1.807, 2.05) is 0 Å². The third kappa shape index (κ3) is 5.53. The highest BCUT2D eigenvalue weighted by Crippen LogP contribution is 2.11. The lowest BCUT2D eigenvalue weighted by atomic mass is 10.1. The predicted octanol–water partition coefficient (Wildman–Crippen LogP) is 3.72. The summed E-state index contributed by atoms with van der Waals surface area (Å²) < 4.78 is 0. The number of hydrogen-bond acceptors (Lipinski definition) is 0. The second-order valence-corrected chi connectivity index (χ2v) is 13.6. The summed E-state index contributed by atoms with van der Waals surface area (Å²) in [4.78, 5) is 0. The fourth-order valence-corrected chi connectivity index (χ4v) is 6.21. The van der Waals surface area contributed by atoms with Crippen molar-refractivity contribution in [3.63, 3.8) is 0 Å². The smallest absolute Gasteiger partial charge is 0.147 e. The van der Waals surface area contributed by atoms with Gasteiger partial charge in [-0.05, 0) is 38.8 Å². The van der Waals surface area contributed by atoms with Crippen LogP contribution in [0.25, 0.3) is 0 Å². The molecule has 0 saturated carbocycles. The van der Waals surface area contributed by atoms with Crippen molar-refractivity contribution in [3.8, 4) is 0 Å². The maximum Gasteiger partial charge on any atom is 0.274 e. The molecular weight excluding hydrogens is 335 g/mol. The van der Waals surface area contributed by atoms with Crippen LogP contribution >= 0.6 is 22.2 Å². The lowest BCUT2D eigenvalue weighted by Gasteiger charge is -2.19. The molecule has 20 heavy (non-hydrogen) atoms. The van der Waals surface area contributed by atoms with Crippen molar-refractivity contribution in [2.45, 2.75) is 46.3 Å². The van der Waals surface area contributed by atoms with Crippen LogP contribution in [-0.4, -0.2) is 25.7 Å². The van der Waals surface area contributed by atoms with Gasteiger partial charge in [-0.25, -0.2) is 0 Å². The molecule has 0 aliphatic heterocycles. The van der Waals surface area contributed by atoms with Crippen molar-refractivity contribution < 1.29 is 0 Å². The molecule has 0 bridgehead atoms. The van der Waals surface area contributed by atoms with Gasteiger partial charge < -0.3 is 0 Å². The first-order valence-electron chi connectivity index (χ1n) is 6.82. The molecule has 0 nitrogen and oxygen atoms in total. The Kier molecular flexibility index (Phi) is 7.83. The molecule has 0 amide bonds. The number of allylic oxidation sites excluding steroid dienone is 1. The van der Waals surface area contributed by atoms with Crippen molar-refractivity contribution in [2.24, 2.45) is 0 Å². The van der Waals surface area contributed by atoms with E-state index < -0.39 is 16.2 Å². The first-order valence-corrected chi connectivity index (χ1v) is 14.1. The van der Waals surface area contributed by atoms with Gasteiger partial charge in [0.05, 0.1) is 8.80 Å². The van der Waals surface area contributed by atoms with Gasteiger partial charge in [-0.3, -0.25) is 0 Å². The third-order valence-corrected chi connectivity index (χ3v) is 8.06. The average Bonchev–Trinajstić information content (AvgIpc) is 2.34. The van der Waals surface area contributed by atoms with Gasteiger partial charge in [0.1, 0.15) is 9.52 Å². The summed E-state index contributed by atoms with van der Waals surface area (Å²) in [6.45, 7) is 11.3. The Bertz CT molecular complexity index is 478. The van der Waals surface area contributed by atoms with E-state index in [2.05, 4.69) is 51.7 Å². The first-order chi connectivity index (χ1) is 9.32. The summed E-state index contributed by atoms with van der Waals surface area (Å²) in [5, 5.41) is 3.08. The Morgan fingerprint density at radius 3 is 2.40 bits per heavy atom. The monoisotopic (exact) mass is 356 g/mol. The third-order valence-electron chi connectivity index (χ3n) is 3.10. The number of aryl methyl sites for hydroxylation is 1. The summed E-state index contributed by atoms with van der Waals surface area (Å²) in [6.07, 6.45) is 1.03. The molecule has 1 aromatic carbocycles. The number of halogens is 2. The lowest BCUT2D eigenvalue weighted by Crippen LogP contribution is -2.37. The van der Waals surface area contributed by atoms with Crippen LogP contribution in [0.5, 0.6) is 0 Å². The molecule has 0 heterocycles. The van der Waals surface area contributed by atoms with Crippen LogP contribution in [0.1, 0.15) is 25.0 Å². The van der Waals surface area contributed by atoms with Crippen molar-refractivity contribution in [1.82, 2.24) is 0 Å². The Morgan fingerprint density at radius 2 is 1.90 bits per heavy atom. The quantitative estimate of drug-likeness (QED) is 0.538. The highest BCUT2D eigenvalue weighted by Gasteiger charge is 2.16. The Morgan fingerprint density at radius 1 is 1.25 bits per heavy atom. The van der Waals surface area contributed by atoms with Gasteiger partial charge in [0, 0.05) is 0 Å². The van der Waals surface area contributed by atoms with E-state index in [1.165, 1.54) is 21.9 Å². The minimum atomic E-state index is -1.19. The summed E-state index contributed by atoms with van der Waals surface area (Å²) in [5.41, 5.74) is 6.68. The molecule has 0 aliphatic carbocycles. The molecule has 0 fully saturated rings. The Balaban J connectivity index is 3.21. The standard InChI is InChI=1S/C15H22Cl2Si3/c1-11(2)10-18-14-7-6-12(3)15(19(4)5)13(14)8-9-20(16)17/h6-7,10H,8-9H2,1-5H3.